The van der Waals surface area contributed by atoms with Gasteiger partial charge in [-0.25, -0.2) is 9.98 Å². The summed E-state index contributed by atoms with van der Waals surface area (Å²) in [4.78, 5) is 8.09. The van der Waals surface area contributed by atoms with Gasteiger partial charge in [0.25, 0.3) is 0 Å². The van der Waals surface area contributed by atoms with E-state index in [0.29, 0.717) is 19.0 Å². The fourth-order valence-electron chi connectivity index (χ4n) is 2.21. The minimum atomic E-state index is -4.50. The summed E-state index contributed by atoms with van der Waals surface area (Å²) in [5, 5.41) is 6.10. The van der Waals surface area contributed by atoms with E-state index in [1.807, 2.05) is 37.0 Å². The van der Waals surface area contributed by atoms with Crippen LogP contribution in [0.25, 0.3) is 0 Å². The van der Waals surface area contributed by atoms with Crippen molar-refractivity contribution in [1.29, 1.82) is 0 Å². The number of guanidine groups is 1. The molecule has 0 aromatic carbocycles. The van der Waals surface area contributed by atoms with Gasteiger partial charge in [0.15, 0.2) is 5.96 Å². The van der Waals surface area contributed by atoms with Gasteiger partial charge in [0.1, 0.15) is 12.2 Å². The van der Waals surface area contributed by atoms with E-state index in [0.717, 1.165) is 11.6 Å². The lowest BCUT2D eigenvalue weighted by molar-refractivity contribution is -0.139. The second kappa shape index (κ2) is 9.12. The van der Waals surface area contributed by atoms with E-state index in [2.05, 4.69) is 20.6 Å². The number of nitrogens with one attached hydrogen (secondary N) is 2. The monoisotopic (exact) mass is 369 g/mol. The van der Waals surface area contributed by atoms with Gasteiger partial charge in [0.2, 0.25) is 5.88 Å². The molecule has 0 fully saturated rings. The fraction of sp³-hybridized carbons (Fsp3) is 0.412. The minimum Gasteiger partial charge on any atom is -0.475 e. The van der Waals surface area contributed by atoms with Gasteiger partial charge in [-0.1, -0.05) is 0 Å². The van der Waals surface area contributed by atoms with Gasteiger partial charge in [0, 0.05) is 32.2 Å². The number of hydrogen-bond donors (Lipinski definition) is 2. The van der Waals surface area contributed by atoms with E-state index in [-0.39, 0.29) is 13.2 Å². The summed E-state index contributed by atoms with van der Waals surface area (Å²) >= 11 is 0. The molecule has 0 radical (unpaired) electrons. The van der Waals surface area contributed by atoms with Gasteiger partial charge in [-0.2, -0.15) is 13.2 Å². The molecule has 0 aliphatic rings. The van der Waals surface area contributed by atoms with Crippen molar-refractivity contribution in [2.45, 2.75) is 19.6 Å². The summed E-state index contributed by atoms with van der Waals surface area (Å²) in [7, 11) is 1.93. The number of halogens is 3. The molecule has 0 bridgehead atoms. The number of hydrogen-bond acceptors (Lipinski definition) is 3. The highest BCUT2D eigenvalue weighted by Crippen LogP contribution is 2.34. The Bertz CT molecular complexity index is 727. The number of rotatable bonds is 7. The molecule has 6 nitrogen and oxygen atoms in total. The van der Waals surface area contributed by atoms with Crippen LogP contribution in [0.3, 0.4) is 0 Å². The van der Waals surface area contributed by atoms with Crippen LogP contribution in [0.5, 0.6) is 5.88 Å². The van der Waals surface area contributed by atoms with Crippen molar-refractivity contribution in [3.8, 4) is 5.88 Å². The van der Waals surface area contributed by atoms with E-state index in [9.17, 15) is 13.2 Å². The minimum absolute atomic E-state index is 0.0237. The molecule has 2 N–H and O–H groups in total. The van der Waals surface area contributed by atoms with Crippen LogP contribution in [0, 0.1) is 0 Å². The van der Waals surface area contributed by atoms with Gasteiger partial charge in [-0.15, -0.1) is 0 Å². The van der Waals surface area contributed by atoms with Crippen molar-refractivity contribution in [1.82, 2.24) is 20.2 Å². The second-order valence-corrected chi connectivity index (χ2v) is 5.51. The Morgan fingerprint density at radius 1 is 1.31 bits per heavy atom. The Morgan fingerprint density at radius 3 is 2.77 bits per heavy atom. The Hall–Kier alpha value is -2.71. The van der Waals surface area contributed by atoms with Crippen LogP contribution in [-0.2, 0) is 19.8 Å². The third-order valence-corrected chi connectivity index (χ3v) is 3.37. The first-order chi connectivity index (χ1) is 12.4. The van der Waals surface area contributed by atoms with Crippen LogP contribution in [0.15, 0.2) is 41.8 Å². The number of aryl methyl sites for hydroxylation is 1. The standard InChI is InChI=1S/C17H22F3N5O/c1-3-21-16(24-11-13-6-9-25(2)12-13)23-8-10-26-15-14(17(18,19)20)5-4-7-22-15/h4-7,9,12H,3,8,10-11H2,1-2H3,(H2,21,23,24). The molecular formula is C17H22F3N5O. The number of aromatic nitrogens is 2. The van der Waals surface area contributed by atoms with Crippen LogP contribution in [0.2, 0.25) is 0 Å². The van der Waals surface area contributed by atoms with Crippen molar-refractivity contribution in [2.24, 2.45) is 12.0 Å². The molecule has 2 aromatic rings. The number of ether oxygens (including phenoxy) is 1. The zero-order valence-electron chi connectivity index (χ0n) is 14.7. The van der Waals surface area contributed by atoms with Crippen LogP contribution >= 0.6 is 0 Å². The van der Waals surface area contributed by atoms with Crippen molar-refractivity contribution in [3.05, 3.63) is 47.9 Å². The average Bonchev–Trinajstić information content (AvgIpc) is 3.01. The number of pyridine rings is 1. The zero-order chi connectivity index (χ0) is 19.0. The van der Waals surface area contributed by atoms with Gasteiger partial charge in [-0.3, -0.25) is 0 Å². The molecule has 0 aliphatic heterocycles. The van der Waals surface area contributed by atoms with Crippen molar-refractivity contribution in [2.75, 3.05) is 19.7 Å². The molecule has 0 amide bonds. The molecule has 0 aliphatic carbocycles. The first-order valence-electron chi connectivity index (χ1n) is 8.18. The number of alkyl halides is 3. The summed E-state index contributed by atoms with van der Waals surface area (Å²) in [5.41, 5.74) is 0.175. The molecule has 142 valence electrons. The highest BCUT2D eigenvalue weighted by molar-refractivity contribution is 5.79. The maximum atomic E-state index is 12.9. The van der Waals surface area contributed by atoms with Crippen LogP contribution < -0.4 is 15.4 Å². The number of nitrogens with zero attached hydrogens (tertiary/aromatic N) is 3. The van der Waals surface area contributed by atoms with E-state index >= 15 is 0 Å². The van der Waals surface area contributed by atoms with Crippen LogP contribution in [0.4, 0.5) is 13.2 Å². The van der Waals surface area contributed by atoms with Gasteiger partial charge in [-0.05, 0) is 30.7 Å². The van der Waals surface area contributed by atoms with Crippen LogP contribution in [0.1, 0.15) is 18.1 Å². The van der Waals surface area contributed by atoms with E-state index in [1.54, 1.807) is 0 Å². The first kappa shape index (κ1) is 19.6. The fourth-order valence-corrected chi connectivity index (χ4v) is 2.21. The predicted molar refractivity (Wildman–Crippen MR) is 93.0 cm³/mol. The maximum absolute atomic E-state index is 12.9. The zero-order valence-corrected chi connectivity index (χ0v) is 14.7. The topological polar surface area (TPSA) is 63.5 Å². The second-order valence-electron chi connectivity index (χ2n) is 5.51. The summed E-state index contributed by atoms with van der Waals surface area (Å²) in [6.45, 7) is 3.40. The predicted octanol–water partition coefficient (Wildman–Crippen LogP) is 2.57. The molecule has 0 saturated heterocycles. The SMILES string of the molecule is CCNC(=NCc1ccn(C)c1)NCCOc1ncccc1C(F)(F)F. The molecule has 0 atom stereocenters. The summed E-state index contributed by atoms with van der Waals surface area (Å²) in [6, 6.07) is 4.14. The summed E-state index contributed by atoms with van der Waals surface area (Å²) < 4.78 is 45.8. The maximum Gasteiger partial charge on any atom is 0.421 e. The average molecular weight is 369 g/mol. The third-order valence-electron chi connectivity index (χ3n) is 3.37. The van der Waals surface area contributed by atoms with Crippen molar-refractivity contribution >= 4 is 5.96 Å². The Kier molecular flexibility index (Phi) is 6.88. The Labute approximate surface area is 150 Å². The molecule has 0 spiro atoms. The Morgan fingerprint density at radius 2 is 2.12 bits per heavy atom. The molecule has 26 heavy (non-hydrogen) atoms. The van der Waals surface area contributed by atoms with E-state index in [1.165, 1.54) is 12.3 Å². The van der Waals surface area contributed by atoms with Gasteiger partial charge < -0.3 is 19.9 Å². The van der Waals surface area contributed by atoms with Crippen LogP contribution in [-0.4, -0.2) is 35.2 Å². The molecule has 9 heteroatoms. The first-order valence-corrected chi connectivity index (χ1v) is 8.18. The normalized spacial score (nSPS) is 12.1. The lowest BCUT2D eigenvalue weighted by Crippen LogP contribution is -2.39. The molecule has 2 rings (SSSR count). The lowest BCUT2D eigenvalue weighted by Gasteiger charge is -2.14. The highest BCUT2D eigenvalue weighted by Gasteiger charge is 2.34. The van der Waals surface area contributed by atoms with Crippen molar-refractivity contribution < 1.29 is 17.9 Å². The van der Waals surface area contributed by atoms with Gasteiger partial charge in [0.05, 0.1) is 13.1 Å². The smallest absolute Gasteiger partial charge is 0.421 e. The molecule has 0 saturated carbocycles. The number of aliphatic imine (C=N–C) groups is 1. The van der Waals surface area contributed by atoms with Gasteiger partial charge >= 0.3 is 6.18 Å². The van der Waals surface area contributed by atoms with E-state index in [4.69, 9.17) is 4.74 Å². The van der Waals surface area contributed by atoms with Crippen molar-refractivity contribution in [3.63, 3.8) is 0 Å². The summed E-state index contributed by atoms with van der Waals surface area (Å²) in [6.07, 6.45) is 0.673. The largest absolute Gasteiger partial charge is 0.475 e. The summed E-state index contributed by atoms with van der Waals surface area (Å²) in [5.74, 6) is 0.144. The molecule has 2 aromatic heterocycles. The van der Waals surface area contributed by atoms with E-state index < -0.39 is 17.6 Å². The quantitative estimate of drug-likeness (QED) is 0.447. The Balaban J connectivity index is 1.86. The highest BCUT2D eigenvalue weighted by atomic mass is 19.4. The molecular weight excluding hydrogens is 347 g/mol. The molecule has 0 unspecified atom stereocenters. The third kappa shape index (κ3) is 5.98. The lowest BCUT2D eigenvalue weighted by atomic mass is 10.2. The molecule has 2 heterocycles.